The standard InChI is InChI=1S/C45H73NO14/c1-19-7-10-28-20(2)31-29(46(28)17-19)16-27-25-9-8-23-15-24(11-13-44(23,5)26(25)12-14-45(27,31)6)57-43-40(60-42-38(54)36(52)33(49)22(4)56-42)39(34(50)30(18-47)58-43)59-41-37(53)35(51)32(48)21(3)55-41/h8,19-22,24-43,47-54H,7,9-18H2,1-6H3. The predicted octanol–water partition coefficient (Wildman–Crippen LogP) is 1.18. The number of fused-ring (bicyclic) bond motifs is 9. The molecule has 15 nitrogen and oxygen atoms in total. The van der Waals surface area contributed by atoms with Gasteiger partial charge in [-0.05, 0) is 118 Å². The van der Waals surface area contributed by atoms with Gasteiger partial charge in [0.15, 0.2) is 18.9 Å². The summed E-state index contributed by atoms with van der Waals surface area (Å²) in [7, 11) is 0. The van der Waals surface area contributed by atoms with Crippen molar-refractivity contribution in [3.8, 4) is 0 Å². The van der Waals surface area contributed by atoms with Crippen LogP contribution in [0.2, 0.25) is 0 Å². The van der Waals surface area contributed by atoms with Crippen molar-refractivity contribution in [2.45, 2.75) is 210 Å². The zero-order chi connectivity index (χ0) is 42.7. The average molecular weight is 852 g/mol. The van der Waals surface area contributed by atoms with Gasteiger partial charge in [-0.2, -0.15) is 0 Å². The van der Waals surface area contributed by atoms with E-state index in [1.807, 2.05) is 0 Å². The van der Waals surface area contributed by atoms with Crippen molar-refractivity contribution in [3.05, 3.63) is 11.6 Å². The maximum absolute atomic E-state index is 11.6. The van der Waals surface area contributed by atoms with E-state index >= 15 is 0 Å². The van der Waals surface area contributed by atoms with E-state index in [0.29, 0.717) is 35.6 Å². The Morgan fingerprint density at radius 2 is 1.33 bits per heavy atom. The number of allylic oxidation sites excluding steroid dienone is 1. The van der Waals surface area contributed by atoms with Crippen molar-refractivity contribution in [2.24, 2.45) is 46.3 Å². The third kappa shape index (κ3) is 7.11. The molecule has 8 N–H and O–H groups in total. The molecular weight excluding hydrogens is 778 g/mol. The van der Waals surface area contributed by atoms with Crippen LogP contribution in [0.5, 0.6) is 0 Å². The van der Waals surface area contributed by atoms with Gasteiger partial charge >= 0.3 is 0 Å². The molecular formula is C45H73NO14. The number of ether oxygens (including phenoxy) is 6. The van der Waals surface area contributed by atoms with Crippen LogP contribution in [-0.2, 0) is 28.4 Å². The van der Waals surface area contributed by atoms with Gasteiger partial charge in [-0.1, -0.05) is 39.3 Å². The van der Waals surface area contributed by atoms with Crippen LogP contribution >= 0.6 is 0 Å². The minimum Gasteiger partial charge on any atom is -0.394 e. The highest BCUT2D eigenvalue weighted by Crippen LogP contribution is 2.70. The highest BCUT2D eigenvalue weighted by Gasteiger charge is 2.66. The fourth-order valence-corrected chi connectivity index (χ4v) is 14.7. The molecule has 0 aromatic carbocycles. The summed E-state index contributed by atoms with van der Waals surface area (Å²) in [5.41, 5.74) is 1.78. The molecule has 60 heavy (non-hydrogen) atoms. The van der Waals surface area contributed by atoms with Crippen LogP contribution in [0.4, 0.5) is 0 Å². The van der Waals surface area contributed by atoms with Gasteiger partial charge in [0.25, 0.3) is 0 Å². The van der Waals surface area contributed by atoms with E-state index in [-0.39, 0.29) is 11.5 Å². The quantitative estimate of drug-likeness (QED) is 0.169. The van der Waals surface area contributed by atoms with E-state index in [2.05, 4.69) is 38.7 Å². The fourth-order valence-electron chi connectivity index (χ4n) is 14.7. The van der Waals surface area contributed by atoms with Crippen molar-refractivity contribution in [3.63, 3.8) is 0 Å². The first-order valence-corrected chi connectivity index (χ1v) is 23.2. The third-order valence-corrected chi connectivity index (χ3v) is 18.0. The van der Waals surface area contributed by atoms with E-state index in [0.717, 1.165) is 43.1 Å². The molecule has 26 unspecified atom stereocenters. The van der Waals surface area contributed by atoms with Crippen molar-refractivity contribution < 1.29 is 69.3 Å². The Hall–Kier alpha value is -0.860. The van der Waals surface area contributed by atoms with Gasteiger partial charge in [-0.3, -0.25) is 4.90 Å². The molecule has 5 heterocycles. The molecule has 9 rings (SSSR count). The van der Waals surface area contributed by atoms with Crippen molar-refractivity contribution in [2.75, 3.05) is 13.2 Å². The van der Waals surface area contributed by atoms with E-state index in [1.165, 1.54) is 58.1 Å². The van der Waals surface area contributed by atoms with Crippen LogP contribution in [0.3, 0.4) is 0 Å². The molecule has 4 aliphatic carbocycles. The summed E-state index contributed by atoms with van der Waals surface area (Å²) in [4.78, 5) is 2.95. The van der Waals surface area contributed by atoms with Crippen LogP contribution in [0.15, 0.2) is 11.6 Å². The predicted molar refractivity (Wildman–Crippen MR) is 214 cm³/mol. The van der Waals surface area contributed by atoms with Crippen LogP contribution in [0.1, 0.15) is 99.3 Å². The van der Waals surface area contributed by atoms with E-state index in [9.17, 15) is 40.9 Å². The molecule has 5 aliphatic heterocycles. The van der Waals surface area contributed by atoms with E-state index < -0.39 is 98.7 Å². The minimum atomic E-state index is -1.72. The van der Waals surface area contributed by atoms with Crippen LogP contribution < -0.4 is 0 Å². The summed E-state index contributed by atoms with van der Waals surface area (Å²) in [6.07, 6.45) is -9.40. The lowest BCUT2D eigenvalue weighted by molar-refractivity contribution is -0.393. The molecule has 0 spiro atoms. The van der Waals surface area contributed by atoms with Crippen LogP contribution in [0.25, 0.3) is 0 Å². The highest BCUT2D eigenvalue weighted by molar-refractivity contribution is 5.27. The fraction of sp³-hybridized carbons (Fsp3) is 0.956. The number of nitrogens with zero attached hydrogens (tertiary/aromatic N) is 1. The molecule has 0 aromatic rings. The number of aliphatic hydroxyl groups excluding tert-OH is 8. The molecule has 26 atom stereocenters. The van der Waals surface area contributed by atoms with Gasteiger partial charge in [0.05, 0.1) is 24.9 Å². The first-order valence-electron chi connectivity index (χ1n) is 23.2. The first-order chi connectivity index (χ1) is 28.5. The van der Waals surface area contributed by atoms with E-state index in [1.54, 1.807) is 0 Å². The second-order valence-corrected chi connectivity index (χ2v) is 21.2. The Labute approximate surface area is 354 Å². The molecule has 3 saturated carbocycles. The Morgan fingerprint density at radius 1 is 0.683 bits per heavy atom. The second kappa shape index (κ2) is 16.5. The maximum Gasteiger partial charge on any atom is 0.187 e. The molecule has 342 valence electrons. The van der Waals surface area contributed by atoms with Gasteiger partial charge < -0.3 is 69.3 Å². The van der Waals surface area contributed by atoms with Gasteiger partial charge in [-0.25, -0.2) is 0 Å². The summed E-state index contributed by atoms with van der Waals surface area (Å²) in [6, 6.07) is 1.45. The number of aliphatic hydroxyl groups is 8. The SMILES string of the molecule is CC1CCC2C(C)C3C(CC4C5CC=C6CC(OC7OC(CO)C(O)C(OC8OC(C)C(O)C(O)C8O)C7OC7OC(C)C(O)C(O)C7O)CCC6(C)C5CCC43C)N2C1. The molecule has 0 aromatic heterocycles. The van der Waals surface area contributed by atoms with E-state index in [4.69, 9.17) is 28.4 Å². The third-order valence-electron chi connectivity index (χ3n) is 18.0. The average Bonchev–Trinajstić information content (AvgIpc) is 3.69. The summed E-state index contributed by atoms with van der Waals surface area (Å²) in [5, 5.41) is 85.9. The van der Waals surface area contributed by atoms with Gasteiger partial charge in [0, 0.05) is 18.6 Å². The number of hydrogen-bond donors (Lipinski definition) is 8. The number of piperidine rings is 1. The van der Waals surface area contributed by atoms with Gasteiger partial charge in [0.2, 0.25) is 0 Å². The summed E-state index contributed by atoms with van der Waals surface area (Å²) in [6.45, 7) is 13.7. The minimum absolute atomic E-state index is 0.0259. The van der Waals surface area contributed by atoms with Gasteiger partial charge in [-0.15, -0.1) is 0 Å². The molecule has 0 bridgehead atoms. The monoisotopic (exact) mass is 852 g/mol. The number of hydrogen-bond acceptors (Lipinski definition) is 15. The van der Waals surface area contributed by atoms with Crippen LogP contribution in [0, 0.1) is 46.3 Å². The lowest BCUT2D eigenvalue weighted by Gasteiger charge is -2.58. The maximum atomic E-state index is 11.6. The zero-order valence-corrected chi connectivity index (χ0v) is 36.2. The molecule has 9 aliphatic rings. The molecule has 5 saturated heterocycles. The summed E-state index contributed by atoms with van der Waals surface area (Å²) < 4.78 is 37.0. The summed E-state index contributed by atoms with van der Waals surface area (Å²) >= 11 is 0. The summed E-state index contributed by atoms with van der Waals surface area (Å²) in [5.74, 6) is 4.23. The Bertz CT molecular complexity index is 1570. The molecule has 0 radical (unpaired) electrons. The zero-order valence-electron chi connectivity index (χ0n) is 36.2. The Balaban J connectivity index is 0.950. The Morgan fingerprint density at radius 3 is 1.98 bits per heavy atom. The van der Waals surface area contributed by atoms with Crippen molar-refractivity contribution in [1.29, 1.82) is 0 Å². The van der Waals surface area contributed by atoms with Crippen LogP contribution in [-0.4, -0.2) is 169 Å². The smallest absolute Gasteiger partial charge is 0.187 e. The van der Waals surface area contributed by atoms with Gasteiger partial charge in [0.1, 0.15) is 61.0 Å². The molecule has 0 amide bonds. The lowest BCUT2D eigenvalue weighted by atomic mass is 9.47. The first kappa shape index (κ1) is 44.3. The highest BCUT2D eigenvalue weighted by atomic mass is 16.8. The van der Waals surface area contributed by atoms with Crippen molar-refractivity contribution in [1.82, 2.24) is 4.90 Å². The Kier molecular flexibility index (Phi) is 12.2. The number of rotatable bonds is 7. The molecule has 8 fully saturated rings. The largest absolute Gasteiger partial charge is 0.394 e. The molecule has 15 heteroatoms. The topological polar surface area (TPSA) is 220 Å². The second-order valence-electron chi connectivity index (χ2n) is 21.2. The van der Waals surface area contributed by atoms with Crippen molar-refractivity contribution >= 4 is 0 Å². The lowest BCUT2D eigenvalue weighted by Crippen LogP contribution is -2.67. The normalized spacial score (nSPS) is 58.1.